The smallest absolute Gasteiger partial charge is 0.0783 e. The molecule has 3 heterocycles. The molecule has 0 saturated heterocycles. The number of fused-ring (bicyclic) bond motifs is 11. The van der Waals surface area contributed by atoms with Gasteiger partial charge in [-0.2, -0.15) is 0 Å². The minimum atomic E-state index is -0.459. The third-order valence-electron chi connectivity index (χ3n) is 8.76. The minimum Gasteiger partial charge on any atom is -0.310 e. The molecule has 0 unspecified atom stereocenters. The van der Waals surface area contributed by atoms with Gasteiger partial charge in [0.2, 0.25) is 0 Å². The van der Waals surface area contributed by atoms with Gasteiger partial charge in [-0.1, -0.05) is 109 Å². The molecule has 0 bridgehead atoms. The van der Waals surface area contributed by atoms with Crippen LogP contribution in [0.5, 0.6) is 0 Å². The van der Waals surface area contributed by atoms with Crippen LogP contribution in [0.1, 0.15) is 22.3 Å². The minimum absolute atomic E-state index is 0.459. The average molecular weight is 497 g/mol. The van der Waals surface area contributed by atoms with Crippen molar-refractivity contribution in [2.45, 2.75) is 5.41 Å². The van der Waals surface area contributed by atoms with Crippen molar-refractivity contribution in [3.05, 3.63) is 168 Å². The first kappa shape index (κ1) is 20.9. The SMILES string of the molecule is c1ccc(N2c3ccccc3C3(c4ccccc42)c2ccccc2-n2c4ccccc4c4cccc3c42)cc1. The van der Waals surface area contributed by atoms with Gasteiger partial charge in [0.1, 0.15) is 0 Å². The Morgan fingerprint density at radius 2 is 0.897 bits per heavy atom. The molecule has 0 saturated carbocycles. The Balaban J connectivity index is 1.53. The maximum Gasteiger partial charge on any atom is 0.0783 e. The van der Waals surface area contributed by atoms with Crippen LogP contribution < -0.4 is 4.90 Å². The highest BCUT2D eigenvalue weighted by Gasteiger charge is 2.50. The molecular formula is C37H24N2. The first-order valence-electron chi connectivity index (χ1n) is 13.6. The lowest BCUT2D eigenvalue weighted by molar-refractivity contribution is 0.716. The van der Waals surface area contributed by atoms with Crippen molar-refractivity contribution in [1.82, 2.24) is 4.57 Å². The van der Waals surface area contributed by atoms with E-state index in [2.05, 4.69) is 155 Å². The topological polar surface area (TPSA) is 8.17 Å². The normalized spacial score (nSPS) is 14.3. The summed E-state index contributed by atoms with van der Waals surface area (Å²) >= 11 is 0. The van der Waals surface area contributed by atoms with Crippen molar-refractivity contribution >= 4 is 38.9 Å². The van der Waals surface area contributed by atoms with Crippen LogP contribution in [0.2, 0.25) is 0 Å². The number of anilines is 3. The lowest BCUT2D eigenvalue weighted by atomic mass is 9.60. The van der Waals surface area contributed by atoms with Gasteiger partial charge in [-0.05, 0) is 58.7 Å². The molecule has 2 nitrogen and oxygen atoms in total. The standard InChI is InChI=1S/C37H24N2/c1-2-13-25(14-3-1)38-33-22-9-5-17-28(33)37(29-18-6-10-23-34(29)38)30-19-7-11-24-35(30)39-32-21-8-4-15-26(32)27-16-12-20-31(37)36(27)39/h1-24H. The van der Waals surface area contributed by atoms with E-state index in [0.717, 1.165) is 0 Å². The highest BCUT2D eigenvalue weighted by Crippen LogP contribution is 2.61. The van der Waals surface area contributed by atoms with Crippen LogP contribution in [-0.4, -0.2) is 4.57 Å². The Morgan fingerprint density at radius 1 is 0.385 bits per heavy atom. The van der Waals surface area contributed by atoms with Gasteiger partial charge in [0, 0.05) is 16.5 Å². The van der Waals surface area contributed by atoms with Gasteiger partial charge in [-0.15, -0.1) is 0 Å². The van der Waals surface area contributed by atoms with Crippen molar-refractivity contribution in [3.8, 4) is 5.69 Å². The number of benzene rings is 6. The largest absolute Gasteiger partial charge is 0.310 e. The second-order valence-electron chi connectivity index (χ2n) is 10.5. The molecule has 0 atom stereocenters. The second kappa shape index (κ2) is 7.49. The third-order valence-corrected chi connectivity index (χ3v) is 8.76. The van der Waals surface area contributed by atoms with Gasteiger partial charge < -0.3 is 9.47 Å². The molecule has 9 rings (SSSR count). The lowest BCUT2D eigenvalue weighted by Crippen LogP contribution is -2.40. The number of para-hydroxylation sites is 6. The van der Waals surface area contributed by atoms with E-state index in [1.807, 2.05) is 0 Å². The Kier molecular flexibility index (Phi) is 4.02. The molecule has 0 radical (unpaired) electrons. The zero-order chi connectivity index (χ0) is 25.6. The molecule has 182 valence electrons. The predicted octanol–water partition coefficient (Wildman–Crippen LogP) is 9.26. The van der Waals surface area contributed by atoms with Gasteiger partial charge in [-0.3, -0.25) is 0 Å². The molecule has 0 fully saturated rings. The van der Waals surface area contributed by atoms with Gasteiger partial charge in [-0.25, -0.2) is 0 Å². The first-order valence-corrected chi connectivity index (χ1v) is 13.6. The highest BCUT2D eigenvalue weighted by atomic mass is 15.2. The van der Waals surface area contributed by atoms with Crippen molar-refractivity contribution < 1.29 is 0 Å². The number of hydrogen-bond acceptors (Lipinski definition) is 1. The molecule has 2 aliphatic heterocycles. The maximum absolute atomic E-state index is 2.50. The van der Waals surface area contributed by atoms with Crippen LogP contribution in [-0.2, 0) is 5.41 Å². The van der Waals surface area contributed by atoms with Crippen molar-refractivity contribution in [3.63, 3.8) is 0 Å². The predicted molar refractivity (Wildman–Crippen MR) is 161 cm³/mol. The summed E-state index contributed by atoms with van der Waals surface area (Å²) in [6.45, 7) is 0. The average Bonchev–Trinajstić information content (AvgIpc) is 3.35. The highest BCUT2D eigenvalue weighted by molar-refractivity contribution is 6.12. The zero-order valence-electron chi connectivity index (χ0n) is 21.3. The molecule has 2 heteroatoms. The van der Waals surface area contributed by atoms with Gasteiger partial charge in [0.05, 0.1) is 33.5 Å². The second-order valence-corrected chi connectivity index (χ2v) is 10.5. The Hall–Kier alpha value is -5.08. The quantitative estimate of drug-likeness (QED) is 0.220. The fraction of sp³-hybridized carbons (Fsp3) is 0.0270. The zero-order valence-corrected chi connectivity index (χ0v) is 21.3. The fourth-order valence-corrected chi connectivity index (χ4v) is 7.38. The molecule has 0 amide bonds. The summed E-state index contributed by atoms with van der Waals surface area (Å²) in [5.41, 5.74) is 12.2. The van der Waals surface area contributed by atoms with E-state index in [1.54, 1.807) is 0 Å². The molecular weight excluding hydrogens is 472 g/mol. The van der Waals surface area contributed by atoms with E-state index in [4.69, 9.17) is 0 Å². The van der Waals surface area contributed by atoms with Gasteiger partial charge >= 0.3 is 0 Å². The van der Waals surface area contributed by atoms with E-state index in [-0.39, 0.29) is 0 Å². The van der Waals surface area contributed by atoms with E-state index in [0.29, 0.717) is 0 Å². The Labute approximate surface area is 227 Å². The molecule has 7 aromatic rings. The van der Waals surface area contributed by atoms with E-state index >= 15 is 0 Å². The molecule has 39 heavy (non-hydrogen) atoms. The van der Waals surface area contributed by atoms with Gasteiger partial charge in [0.25, 0.3) is 0 Å². The summed E-state index contributed by atoms with van der Waals surface area (Å²) < 4.78 is 2.50. The van der Waals surface area contributed by atoms with Gasteiger partial charge in [0.15, 0.2) is 0 Å². The van der Waals surface area contributed by atoms with Crippen molar-refractivity contribution in [2.75, 3.05) is 4.90 Å². The number of rotatable bonds is 1. The molecule has 6 aromatic carbocycles. The van der Waals surface area contributed by atoms with Crippen LogP contribution in [0.4, 0.5) is 17.1 Å². The number of aromatic nitrogens is 1. The van der Waals surface area contributed by atoms with Crippen LogP contribution in [0.15, 0.2) is 146 Å². The van der Waals surface area contributed by atoms with Crippen LogP contribution in [0, 0.1) is 0 Å². The molecule has 0 aliphatic carbocycles. The van der Waals surface area contributed by atoms with E-state index < -0.39 is 5.41 Å². The lowest BCUT2D eigenvalue weighted by Gasteiger charge is -2.48. The molecule has 1 spiro atoms. The summed E-state index contributed by atoms with van der Waals surface area (Å²) in [4.78, 5) is 2.43. The van der Waals surface area contributed by atoms with Crippen molar-refractivity contribution in [1.29, 1.82) is 0 Å². The molecule has 2 aliphatic rings. The first-order chi connectivity index (χ1) is 19.4. The summed E-state index contributed by atoms with van der Waals surface area (Å²) in [5, 5.41) is 2.60. The number of hydrogen-bond donors (Lipinski definition) is 0. The summed E-state index contributed by atoms with van der Waals surface area (Å²) in [6, 6.07) is 53.5. The summed E-state index contributed by atoms with van der Waals surface area (Å²) in [5.74, 6) is 0. The summed E-state index contributed by atoms with van der Waals surface area (Å²) in [7, 11) is 0. The number of nitrogens with zero attached hydrogens (tertiary/aromatic N) is 2. The van der Waals surface area contributed by atoms with Crippen LogP contribution in [0.3, 0.4) is 0 Å². The summed E-state index contributed by atoms with van der Waals surface area (Å²) in [6.07, 6.45) is 0. The maximum atomic E-state index is 2.50. The third kappa shape index (κ3) is 2.47. The Bertz CT molecular complexity index is 2040. The monoisotopic (exact) mass is 496 g/mol. The molecule has 1 aromatic heterocycles. The van der Waals surface area contributed by atoms with Crippen molar-refractivity contribution in [2.24, 2.45) is 0 Å². The van der Waals surface area contributed by atoms with Crippen LogP contribution >= 0.6 is 0 Å². The van der Waals surface area contributed by atoms with Crippen LogP contribution in [0.25, 0.3) is 27.5 Å². The molecule has 0 N–H and O–H groups in total. The van der Waals surface area contributed by atoms with E-state index in [9.17, 15) is 0 Å². The Morgan fingerprint density at radius 3 is 1.62 bits per heavy atom. The fourth-order valence-electron chi connectivity index (χ4n) is 7.38. The van der Waals surface area contributed by atoms with E-state index in [1.165, 1.54) is 66.8 Å².